The van der Waals surface area contributed by atoms with Crippen molar-refractivity contribution in [1.82, 2.24) is 15.0 Å². The van der Waals surface area contributed by atoms with Gasteiger partial charge in [0.05, 0.1) is 23.2 Å². The Morgan fingerprint density at radius 3 is 2.43 bits per heavy atom. The lowest BCUT2D eigenvalue weighted by Crippen LogP contribution is -2.33. The van der Waals surface area contributed by atoms with E-state index in [4.69, 9.17) is 4.74 Å². The minimum absolute atomic E-state index is 0.708. The standard InChI is InChI=1S/C14H18N4O.2C2H6/c1-9-8-12-13-11(15-9)4-5-18(6-7-19-3)14(13)17-10(2)16-12;2*1-2/h8H,4-7H2,1-3H3;2*1-2H3. The summed E-state index contributed by atoms with van der Waals surface area (Å²) >= 11 is 0. The van der Waals surface area contributed by atoms with Crippen molar-refractivity contribution in [2.24, 2.45) is 0 Å². The molecule has 0 fully saturated rings. The van der Waals surface area contributed by atoms with Gasteiger partial charge in [-0.15, -0.1) is 0 Å². The van der Waals surface area contributed by atoms with Gasteiger partial charge >= 0.3 is 0 Å². The van der Waals surface area contributed by atoms with Gasteiger partial charge in [0.25, 0.3) is 0 Å². The molecule has 0 saturated carbocycles. The lowest BCUT2D eigenvalue weighted by Gasteiger charge is -2.29. The third-order valence-electron chi connectivity index (χ3n) is 3.46. The average Bonchev–Trinajstić information content (AvgIpc) is 2.57. The number of rotatable bonds is 3. The van der Waals surface area contributed by atoms with Crippen LogP contribution in [0.1, 0.15) is 44.9 Å². The number of nitrogens with zero attached hydrogens (tertiary/aromatic N) is 4. The van der Waals surface area contributed by atoms with Crippen LogP contribution in [-0.2, 0) is 11.2 Å². The van der Waals surface area contributed by atoms with Crippen molar-refractivity contribution in [3.05, 3.63) is 23.3 Å². The Morgan fingerprint density at radius 2 is 1.78 bits per heavy atom. The molecule has 3 heterocycles. The molecule has 2 aromatic rings. The Bertz CT molecular complexity index is 623. The van der Waals surface area contributed by atoms with Gasteiger partial charge in [0.2, 0.25) is 0 Å². The first kappa shape index (κ1) is 19.3. The summed E-state index contributed by atoms with van der Waals surface area (Å²) in [5.41, 5.74) is 3.16. The van der Waals surface area contributed by atoms with E-state index in [1.54, 1.807) is 7.11 Å². The number of methoxy groups -OCH3 is 1. The fourth-order valence-corrected chi connectivity index (χ4v) is 2.63. The first-order valence-electron chi connectivity index (χ1n) is 8.58. The third kappa shape index (κ3) is 4.38. The van der Waals surface area contributed by atoms with E-state index in [1.807, 2.05) is 47.6 Å². The molecule has 0 bridgehead atoms. The Kier molecular flexibility index (Phi) is 7.89. The molecule has 0 N–H and O–H groups in total. The van der Waals surface area contributed by atoms with Crippen LogP contribution in [0, 0.1) is 13.8 Å². The first-order valence-corrected chi connectivity index (χ1v) is 8.58. The molecule has 0 amide bonds. The molecule has 5 heteroatoms. The number of aryl methyl sites for hydroxylation is 2. The van der Waals surface area contributed by atoms with Gasteiger partial charge in [-0.05, 0) is 19.9 Å². The van der Waals surface area contributed by atoms with Crippen LogP contribution in [0.4, 0.5) is 5.82 Å². The van der Waals surface area contributed by atoms with E-state index in [-0.39, 0.29) is 0 Å². The van der Waals surface area contributed by atoms with E-state index in [0.717, 1.165) is 53.4 Å². The Morgan fingerprint density at radius 1 is 1.09 bits per heavy atom. The summed E-state index contributed by atoms with van der Waals surface area (Å²) in [5.74, 6) is 1.82. The lowest BCUT2D eigenvalue weighted by molar-refractivity contribution is 0.205. The highest BCUT2D eigenvalue weighted by Gasteiger charge is 2.22. The summed E-state index contributed by atoms with van der Waals surface area (Å²) in [4.78, 5) is 16.1. The van der Waals surface area contributed by atoms with E-state index < -0.39 is 0 Å². The third-order valence-corrected chi connectivity index (χ3v) is 3.46. The Balaban J connectivity index is 0.000000615. The van der Waals surface area contributed by atoms with Gasteiger partial charge in [0.1, 0.15) is 11.6 Å². The van der Waals surface area contributed by atoms with E-state index in [9.17, 15) is 0 Å². The highest BCUT2D eigenvalue weighted by atomic mass is 16.5. The number of anilines is 1. The molecule has 0 aromatic carbocycles. The summed E-state index contributed by atoms with van der Waals surface area (Å²) in [5, 5.41) is 1.11. The molecule has 5 nitrogen and oxygen atoms in total. The summed E-state index contributed by atoms with van der Waals surface area (Å²) in [6, 6.07) is 2.04. The van der Waals surface area contributed by atoms with Crippen LogP contribution in [0.2, 0.25) is 0 Å². The molecule has 0 radical (unpaired) electrons. The monoisotopic (exact) mass is 318 g/mol. The molecule has 1 aliphatic rings. The molecule has 1 aliphatic heterocycles. The van der Waals surface area contributed by atoms with Crippen LogP contribution < -0.4 is 4.90 Å². The van der Waals surface area contributed by atoms with Gasteiger partial charge < -0.3 is 9.64 Å². The van der Waals surface area contributed by atoms with Gasteiger partial charge in [0.15, 0.2) is 0 Å². The van der Waals surface area contributed by atoms with E-state index in [0.29, 0.717) is 6.61 Å². The molecule has 0 unspecified atom stereocenters. The zero-order valence-electron chi connectivity index (χ0n) is 15.6. The fourth-order valence-electron chi connectivity index (χ4n) is 2.63. The number of hydrogen-bond donors (Lipinski definition) is 0. The number of aromatic nitrogens is 3. The van der Waals surface area contributed by atoms with E-state index >= 15 is 0 Å². The second kappa shape index (κ2) is 9.40. The average molecular weight is 318 g/mol. The quantitative estimate of drug-likeness (QED) is 0.863. The molecule has 128 valence electrons. The minimum atomic E-state index is 0.708. The predicted octanol–water partition coefficient (Wildman–Crippen LogP) is 3.70. The smallest absolute Gasteiger partial charge is 0.142 e. The summed E-state index contributed by atoms with van der Waals surface area (Å²) in [7, 11) is 1.73. The molecule has 23 heavy (non-hydrogen) atoms. The minimum Gasteiger partial charge on any atom is -0.383 e. The van der Waals surface area contributed by atoms with Crippen LogP contribution in [0.5, 0.6) is 0 Å². The van der Waals surface area contributed by atoms with Crippen molar-refractivity contribution >= 4 is 16.7 Å². The highest BCUT2D eigenvalue weighted by molar-refractivity contribution is 5.93. The van der Waals surface area contributed by atoms with Gasteiger partial charge in [0, 0.05) is 32.3 Å². The van der Waals surface area contributed by atoms with Crippen molar-refractivity contribution in [2.45, 2.75) is 48.0 Å². The van der Waals surface area contributed by atoms with E-state index in [2.05, 4.69) is 19.9 Å². The largest absolute Gasteiger partial charge is 0.383 e. The zero-order valence-corrected chi connectivity index (χ0v) is 15.6. The molecule has 0 spiro atoms. The van der Waals surface area contributed by atoms with Crippen LogP contribution in [0.15, 0.2) is 6.07 Å². The van der Waals surface area contributed by atoms with E-state index in [1.165, 1.54) is 0 Å². The fraction of sp³-hybridized carbons (Fsp3) is 0.611. The Hall–Kier alpha value is -1.75. The maximum atomic E-state index is 5.18. The van der Waals surface area contributed by atoms with Crippen LogP contribution in [-0.4, -0.2) is 41.8 Å². The molecular formula is C18H30N4O. The van der Waals surface area contributed by atoms with Gasteiger partial charge in [-0.2, -0.15) is 0 Å². The normalized spacial score (nSPS) is 12.2. The van der Waals surface area contributed by atoms with Crippen molar-refractivity contribution in [1.29, 1.82) is 0 Å². The Labute approximate surface area is 140 Å². The molecule has 0 saturated heterocycles. The zero-order chi connectivity index (χ0) is 17.4. The van der Waals surface area contributed by atoms with Crippen molar-refractivity contribution in [3.8, 4) is 0 Å². The second-order valence-electron chi connectivity index (χ2n) is 4.93. The van der Waals surface area contributed by atoms with Gasteiger partial charge in [-0.1, -0.05) is 27.7 Å². The van der Waals surface area contributed by atoms with Crippen molar-refractivity contribution < 1.29 is 4.74 Å². The summed E-state index contributed by atoms with van der Waals surface area (Å²) in [6.45, 7) is 14.5. The number of pyridine rings is 1. The summed E-state index contributed by atoms with van der Waals surface area (Å²) in [6.07, 6.45) is 0.946. The topological polar surface area (TPSA) is 51.1 Å². The van der Waals surface area contributed by atoms with Crippen LogP contribution in [0.3, 0.4) is 0 Å². The van der Waals surface area contributed by atoms with Crippen molar-refractivity contribution in [2.75, 3.05) is 31.7 Å². The SMILES string of the molecule is CC.CC.COCCN1CCc2nc(C)cc3nc(C)nc1c23. The molecule has 3 rings (SSSR count). The van der Waals surface area contributed by atoms with Crippen LogP contribution in [0.25, 0.3) is 10.9 Å². The molecular weight excluding hydrogens is 288 g/mol. The summed E-state index contributed by atoms with van der Waals surface area (Å²) < 4.78 is 5.18. The predicted molar refractivity (Wildman–Crippen MR) is 97.3 cm³/mol. The molecule has 0 aliphatic carbocycles. The lowest BCUT2D eigenvalue weighted by atomic mass is 10.1. The number of hydrogen-bond acceptors (Lipinski definition) is 5. The van der Waals surface area contributed by atoms with Crippen LogP contribution >= 0.6 is 0 Å². The van der Waals surface area contributed by atoms with Gasteiger partial charge in [-0.25, -0.2) is 9.97 Å². The first-order chi connectivity index (χ1) is 11.2. The van der Waals surface area contributed by atoms with Crippen molar-refractivity contribution in [3.63, 3.8) is 0 Å². The maximum absolute atomic E-state index is 5.18. The molecule has 0 atom stereocenters. The molecule has 2 aromatic heterocycles. The van der Waals surface area contributed by atoms with Gasteiger partial charge in [-0.3, -0.25) is 4.98 Å². The maximum Gasteiger partial charge on any atom is 0.142 e. The highest BCUT2D eigenvalue weighted by Crippen LogP contribution is 2.31. The number of ether oxygens (including phenoxy) is 1. The second-order valence-corrected chi connectivity index (χ2v) is 4.93.